The number of thiocarbonyl (C=S) groups is 1. The van der Waals surface area contributed by atoms with Crippen molar-refractivity contribution < 1.29 is 14.3 Å². The van der Waals surface area contributed by atoms with Crippen molar-refractivity contribution in [3.05, 3.63) is 59.2 Å². The van der Waals surface area contributed by atoms with Crippen LogP contribution in [0.5, 0.6) is 11.5 Å². The van der Waals surface area contributed by atoms with Crippen molar-refractivity contribution in [2.75, 3.05) is 13.7 Å². The van der Waals surface area contributed by atoms with Gasteiger partial charge in [-0.2, -0.15) is 0 Å². The zero-order valence-corrected chi connectivity index (χ0v) is 19.3. The van der Waals surface area contributed by atoms with Crippen LogP contribution < -0.4 is 20.1 Å². The Balaban J connectivity index is 1.88. The summed E-state index contributed by atoms with van der Waals surface area (Å²) in [5.41, 5.74) is 2.74. The molecule has 2 aromatic rings. The number of benzene rings is 2. The molecule has 0 fully saturated rings. The second-order valence-corrected chi connectivity index (χ2v) is 8.34. The Kier molecular flexibility index (Phi) is 9.12. The summed E-state index contributed by atoms with van der Waals surface area (Å²) in [6.45, 7) is 9.68. The molecule has 1 amide bonds. The topological polar surface area (TPSA) is 59.6 Å². The van der Waals surface area contributed by atoms with Crippen molar-refractivity contribution in [2.24, 2.45) is 5.92 Å². The second kappa shape index (κ2) is 11.6. The average Bonchev–Trinajstić information content (AvgIpc) is 2.72. The summed E-state index contributed by atoms with van der Waals surface area (Å²) in [5, 5.41) is 6.06. The molecule has 2 aromatic carbocycles. The van der Waals surface area contributed by atoms with Crippen molar-refractivity contribution in [1.82, 2.24) is 10.6 Å². The van der Waals surface area contributed by atoms with E-state index in [0.29, 0.717) is 36.3 Å². The predicted molar refractivity (Wildman–Crippen MR) is 125 cm³/mol. The fourth-order valence-corrected chi connectivity index (χ4v) is 2.93. The number of hydrogen-bond acceptors (Lipinski definition) is 4. The number of rotatable bonds is 9. The van der Waals surface area contributed by atoms with Gasteiger partial charge in [-0.25, -0.2) is 0 Å². The maximum Gasteiger partial charge on any atom is 0.257 e. The molecule has 0 spiro atoms. The molecule has 0 unspecified atom stereocenters. The maximum absolute atomic E-state index is 12.4. The van der Waals surface area contributed by atoms with E-state index in [0.717, 1.165) is 17.7 Å². The summed E-state index contributed by atoms with van der Waals surface area (Å²) >= 11 is 5.27. The van der Waals surface area contributed by atoms with Crippen molar-refractivity contribution in [3.63, 3.8) is 0 Å². The molecule has 5 nitrogen and oxygen atoms in total. The predicted octanol–water partition coefficient (Wildman–Crippen LogP) is 5.05. The third-order valence-electron chi connectivity index (χ3n) is 4.70. The molecule has 0 saturated carbocycles. The van der Waals surface area contributed by atoms with Crippen LogP contribution in [0.15, 0.2) is 42.5 Å². The summed E-state index contributed by atoms with van der Waals surface area (Å²) in [7, 11) is 1.62. The summed E-state index contributed by atoms with van der Waals surface area (Å²) in [6.07, 6.45) is 0.987. The number of hydrogen-bond donors (Lipinski definition) is 2. The summed E-state index contributed by atoms with van der Waals surface area (Å²) in [4.78, 5) is 12.4. The minimum atomic E-state index is -0.228. The molecule has 0 aromatic heterocycles. The van der Waals surface area contributed by atoms with Crippen LogP contribution in [0.2, 0.25) is 0 Å². The highest BCUT2D eigenvalue weighted by molar-refractivity contribution is 7.80. The first kappa shape index (κ1) is 23.7. The fourth-order valence-electron chi connectivity index (χ4n) is 2.77. The van der Waals surface area contributed by atoms with E-state index in [4.69, 9.17) is 21.7 Å². The van der Waals surface area contributed by atoms with Crippen LogP contribution in [0, 0.1) is 5.92 Å². The van der Waals surface area contributed by atoms with Gasteiger partial charge in [0, 0.05) is 12.1 Å². The lowest BCUT2D eigenvalue weighted by Crippen LogP contribution is -2.38. The Bertz CT molecular complexity index is 848. The van der Waals surface area contributed by atoms with Crippen LogP contribution >= 0.6 is 12.2 Å². The van der Waals surface area contributed by atoms with Gasteiger partial charge in [0.05, 0.1) is 13.7 Å². The van der Waals surface area contributed by atoms with Gasteiger partial charge in [-0.05, 0) is 65.9 Å². The third kappa shape index (κ3) is 7.34. The van der Waals surface area contributed by atoms with E-state index in [2.05, 4.69) is 38.3 Å². The van der Waals surface area contributed by atoms with Crippen LogP contribution in [0.1, 0.15) is 61.5 Å². The summed E-state index contributed by atoms with van der Waals surface area (Å²) in [5.74, 6) is 2.19. The largest absolute Gasteiger partial charge is 0.493 e. The standard InChI is InChI=1S/C24H32N2O3S/c1-16(2)12-13-29-21-11-6-18(14-22(21)28-5)15-25-24(30)26-23(27)20-9-7-19(8-10-20)17(3)4/h6-11,14,16-17H,12-13,15H2,1-5H3,(H2,25,26,27,30). The first-order chi connectivity index (χ1) is 14.3. The van der Waals surface area contributed by atoms with Crippen molar-refractivity contribution in [2.45, 2.75) is 46.6 Å². The van der Waals surface area contributed by atoms with E-state index in [-0.39, 0.29) is 11.0 Å². The van der Waals surface area contributed by atoms with Gasteiger partial charge in [0.15, 0.2) is 16.6 Å². The SMILES string of the molecule is COc1cc(CNC(=S)NC(=O)c2ccc(C(C)C)cc2)ccc1OCCC(C)C. The Morgan fingerprint density at radius 2 is 1.73 bits per heavy atom. The molecule has 30 heavy (non-hydrogen) atoms. The monoisotopic (exact) mass is 428 g/mol. The fraction of sp³-hybridized carbons (Fsp3) is 0.417. The van der Waals surface area contributed by atoms with Gasteiger partial charge in [-0.1, -0.05) is 45.9 Å². The molecule has 0 atom stereocenters. The van der Waals surface area contributed by atoms with Crippen LogP contribution in [-0.4, -0.2) is 24.7 Å². The van der Waals surface area contributed by atoms with E-state index in [1.807, 2.05) is 42.5 Å². The van der Waals surface area contributed by atoms with E-state index in [1.165, 1.54) is 5.56 Å². The van der Waals surface area contributed by atoms with Crippen molar-refractivity contribution in [1.29, 1.82) is 0 Å². The van der Waals surface area contributed by atoms with Crippen LogP contribution in [-0.2, 0) is 6.54 Å². The van der Waals surface area contributed by atoms with Gasteiger partial charge in [-0.3, -0.25) is 10.1 Å². The number of ether oxygens (including phenoxy) is 2. The lowest BCUT2D eigenvalue weighted by molar-refractivity contribution is 0.0976. The maximum atomic E-state index is 12.4. The molecule has 0 aliphatic heterocycles. The Morgan fingerprint density at radius 1 is 1.03 bits per heavy atom. The summed E-state index contributed by atoms with van der Waals surface area (Å²) < 4.78 is 11.3. The minimum absolute atomic E-state index is 0.228. The zero-order chi connectivity index (χ0) is 22.1. The highest BCUT2D eigenvalue weighted by Crippen LogP contribution is 2.28. The third-order valence-corrected chi connectivity index (χ3v) is 4.95. The van der Waals surface area contributed by atoms with Crippen LogP contribution in [0.3, 0.4) is 0 Å². The average molecular weight is 429 g/mol. The lowest BCUT2D eigenvalue weighted by atomic mass is 10.0. The molecule has 0 radical (unpaired) electrons. The normalized spacial score (nSPS) is 10.8. The van der Waals surface area contributed by atoms with Gasteiger partial charge in [0.2, 0.25) is 0 Å². The number of carbonyl (C=O) groups excluding carboxylic acids is 1. The highest BCUT2D eigenvalue weighted by atomic mass is 32.1. The van der Waals surface area contributed by atoms with Gasteiger partial charge in [-0.15, -0.1) is 0 Å². The van der Waals surface area contributed by atoms with Crippen molar-refractivity contribution >= 4 is 23.2 Å². The molecule has 0 aliphatic rings. The van der Waals surface area contributed by atoms with Gasteiger partial charge in [0.1, 0.15) is 0 Å². The van der Waals surface area contributed by atoms with Gasteiger partial charge in [0.25, 0.3) is 5.91 Å². The molecule has 0 heterocycles. The summed E-state index contributed by atoms with van der Waals surface area (Å²) in [6, 6.07) is 13.3. The van der Waals surface area contributed by atoms with Crippen molar-refractivity contribution in [3.8, 4) is 11.5 Å². The zero-order valence-electron chi connectivity index (χ0n) is 18.5. The van der Waals surface area contributed by atoms with Crippen LogP contribution in [0.25, 0.3) is 0 Å². The molecule has 162 valence electrons. The Morgan fingerprint density at radius 3 is 2.33 bits per heavy atom. The Labute approximate surface area is 185 Å². The number of amides is 1. The molecule has 0 saturated heterocycles. The second-order valence-electron chi connectivity index (χ2n) is 7.93. The number of methoxy groups -OCH3 is 1. The van der Waals surface area contributed by atoms with E-state index < -0.39 is 0 Å². The molecule has 2 rings (SSSR count). The van der Waals surface area contributed by atoms with E-state index in [9.17, 15) is 4.79 Å². The lowest BCUT2D eigenvalue weighted by Gasteiger charge is -2.14. The molecular weight excluding hydrogens is 396 g/mol. The van der Waals surface area contributed by atoms with Gasteiger partial charge < -0.3 is 14.8 Å². The smallest absolute Gasteiger partial charge is 0.257 e. The first-order valence-corrected chi connectivity index (χ1v) is 10.7. The minimum Gasteiger partial charge on any atom is -0.493 e. The quantitative estimate of drug-likeness (QED) is 0.548. The molecule has 2 N–H and O–H groups in total. The van der Waals surface area contributed by atoms with Gasteiger partial charge >= 0.3 is 0 Å². The molecule has 0 bridgehead atoms. The first-order valence-electron chi connectivity index (χ1n) is 10.3. The number of carbonyl (C=O) groups is 1. The molecular formula is C24H32N2O3S. The van der Waals surface area contributed by atoms with E-state index >= 15 is 0 Å². The Hall–Kier alpha value is -2.60. The van der Waals surface area contributed by atoms with Crippen LogP contribution in [0.4, 0.5) is 0 Å². The molecule has 6 heteroatoms. The van der Waals surface area contributed by atoms with E-state index in [1.54, 1.807) is 7.11 Å². The molecule has 0 aliphatic carbocycles. The number of nitrogens with one attached hydrogen (secondary N) is 2. The highest BCUT2D eigenvalue weighted by Gasteiger charge is 2.10.